The fourth-order valence-corrected chi connectivity index (χ4v) is 2.14. The first-order chi connectivity index (χ1) is 7.31. The Morgan fingerprint density at radius 2 is 2.07 bits per heavy atom. The van der Waals surface area contributed by atoms with Gasteiger partial charge in [-0.1, -0.05) is 6.42 Å². The number of piperidine rings is 1. The van der Waals surface area contributed by atoms with Crippen molar-refractivity contribution in [3.8, 4) is 0 Å². The van der Waals surface area contributed by atoms with Crippen LogP contribution in [0.1, 0.15) is 48.5 Å². The molecule has 1 fully saturated rings. The van der Waals surface area contributed by atoms with Crippen molar-refractivity contribution in [2.75, 3.05) is 13.1 Å². The standard InChI is InChI=1S/C12H17NO2/c1-10(13-7-3-2-4-8-13)12-6-5-11(9-14)15-12/h5-6,9-10H,2-4,7-8H2,1H3. The number of rotatable bonds is 3. The summed E-state index contributed by atoms with van der Waals surface area (Å²) in [6.45, 7) is 4.41. The van der Waals surface area contributed by atoms with Crippen LogP contribution in [0.4, 0.5) is 0 Å². The molecule has 1 aromatic rings. The predicted molar refractivity (Wildman–Crippen MR) is 57.9 cm³/mol. The van der Waals surface area contributed by atoms with Crippen LogP contribution in [-0.4, -0.2) is 24.3 Å². The van der Waals surface area contributed by atoms with E-state index in [4.69, 9.17) is 4.42 Å². The van der Waals surface area contributed by atoms with Crippen molar-refractivity contribution < 1.29 is 9.21 Å². The molecule has 0 bridgehead atoms. The van der Waals surface area contributed by atoms with E-state index in [0.29, 0.717) is 11.8 Å². The van der Waals surface area contributed by atoms with E-state index in [0.717, 1.165) is 25.1 Å². The first-order valence-corrected chi connectivity index (χ1v) is 5.60. The van der Waals surface area contributed by atoms with Crippen LogP contribution in [0.5, 0.6) is 0 Å². The Labute approximate surface area is 90.1 Å². The molecule has 0 radical (unpaired) electrons. The van der Waals surface area contributed by atoms with Gasteiger partial charge in [0, 0.05) is 0 Å². The molecule has 1 unspecified atom stereocenters. The molecule has 1 saturated heterocycles. The number of hydrogen-bond acceptors (Lipinski definition) is 3. The first-order valence-electron chi connectivity index (χ1n) is 5.60. The summed E-state index contributed by atoms with van der Waals surface area (Å²) in [5.74, 6) is 1.33. The minimum Gasteiger partial charge on any atom is -0.457 e. The molecule has 0 aliphatic carbocycles. The number of hydrogen-bond donors (Lipinski definition) is 0. The van der Waals surface area contributed by atoms with Crippen LogP contribution in [0.3, 0.4) is 0 Å². The predicted octanol–water partition coefficient (Wildman–Crippen LogP) is 2.64. The Hall–Kier alpha value is -1.09. The fraction of sp³-hybridized carbons (Fsp3) is 0.583. The lowest BCUT2D eigenvalue weighted by atomic mass is 10.1. The number of carbonyl (C=O) groups excluding carboxylic acids is 1. The summed E-state index contributed by atoms with van der Waals surface area (Å²) in [6.07, 6.45) is 4.63. The molecule has 1 aliphatic rings. The smallest absolute Gasteiger partial charge is 0.185 e. The van der Waals surface area contributed by atoms with E-state index in [-0.39, 0.29) is 0 Å². The SMILES string of the molecule is CC(c1ccc(C=O)o1)N1CCCCC1. The van der Waals surface area contributed by atoms with Gasteiger partial charge in [-0.2, -0.15) is 0 Å². The van der Waals surface area contributed by atoms with Crippen LogP contribution >= 0.6 is 0 Å². The highest BCUT2D eigenvalue weighted by atomic mass is 16.3. The van der Waals surface area contributed by atoms with Gasteiger partial charge in [0.1, 0.15) is 5.76 Å². The Morgan fingerprint density at radius 1 is 1.33 bits per heavy atom. The number of carbonyl (C=O) groups is 1. The van der Waals surface area contributed by atoms with Gasteiger partial charge in [0.25, 0.3) is 0 Å². The Kier molecular flexibility index (Phi) is 3.21. The van der Waals surface area contributed by atoms with Gasteiger partial charge in [0.15, 0.2) is 12.0 Å². The van der Waals surface area contributed by atoms with Crippen molar-refractivity contribution in [2.45, 2.75) is 32.2 Å². The van der Waals surface area contributed by atoms with Crippen molar-refractivity contribution in [1.29, 1.82) is 0 Å². The number of aldehydes is 1. The highest BCUT2D eigenvalue weighted by molar-refractivity contribution is 5.70. The minimum absolute atomic E-state index is 0.291. The molecule has 2 heterocycles. The third-order valence-corrected chi connectivity index (χ3v) is 3.11. The molecule has 0 amide bonds. The maximum atomic E-state index is 10.5. The molecule has 2 rings (SSSR count). The second-order valence-corrected chi connectivity index (χ2v) is 4.13. The molecule has 0 spiro atoms. The van der Waals surface area contributed by atoms with E-state index >= 15 is 0 Å². The zero-order valence-electron chi connectivity index (χ0n) is 9.11. The second-order valence-electron chi connectivity index (χ2n) is 4.13. The van der Waals surface area contributed by atoms with Gasteiger partial charge in [0.05, 0.1) is 6.04 Å². The number of furan rings is 1. The van der Waals surface area contributed by atoms with Crippen LogP contribution < -0.4 is 0 Å². The van der Waals surface area contributed by atoms with Crippen LogP contribution in [0, 0.1) is 0 Å². The summed E-state index contributed by atoms with van der Waals surface area (Å²) in [5, 5.41) is 0. The highest BCUT2D eigenvalue weighted by Crippen LogP contribution is 2.25. The first kappa shape index (κ1) is 10.4. The van der Waals surface area contributed by atoms with Gasteiger partial charge in [-0.25, -0.2) is 0 Å². The van der Waals surface area contributed by atoms with Gasteiger partial charge in [-0.15, -0.1) is 0 Å². The Morgan fingerprint density at radius 3 is 2.67 bits per heavy atom. The quantitative estimate of drug-likeness (QED) is 0.714. The lowest BCUT2D eigenvalue weighted by Crippen LogP contribution is -2.32. The summed E-state index contributed by atoms with van der Waals surface area (Å²) >= 11 is 0. The van der Waals surface area contributed by atoms with Gasteiger partial charge >= 0.3 is 0 Å². The zero-order chi connectivity index (χ0) is 10.7. The highest BCUT2D eigenvalue weighted by Gasteiger charge is 2.20. The monoisotopic (exact) mass is 207 g/mol. The number of nitrogens with zero attached hydrogens (tertiary/aromatic N) is 1. The summed E-state index contributed by atoms with van der Waals surface area (Å²) in [5.41, 5.74) is 0. The normalized spacial score (nSPS) is 20.1. The molecule has 1 aliphatic heterocycles. The minimum atomic E-state index is 0.291. The summed E-state index contributed by atoms with van der Waals surface area (Å²) in [4.78, 5) is 12.9. The van der Waals surface area contributed by atoms with Crippen molar-refractivity contribution in [1.82, 2.24) is 4.90 Å². The molecule has 1 aromatic heterocycles. The average Bonchev–Trinajstić information content (AvgIpc) is 2.78. The van der Waals surface area contributed by atoms with E-state index in [1.807, 2.05) is 6.07 Å². The summed E-state index contributed by atoms with van der Waals surface area (Å²) in [6, 6.07) is 3.94. The maximum Gasteiger partial charge on any atom is 0.185 e. The Bertz CT molecular complexity index is 326. The van der Waals surface area contributed by atoms with Gasteiger partial charge < -0.3 is 4.42 Å². The van der Waals surface area contributed by atoms with E-state index in [9.17, 15) is 4.79 Å². The molecular weight excluding hydrogens is 190 g/mol. The Balaban J connectivity index is 2.05. The van der Waals surface area contributed by atoms with Gasteiger partial charge in [0.2, 0.25) is 0 Å². The molecular formula is C12H17NO2. The van der Waals surface area contributed by atoms with Crippen LogP contribution in [0.2, 0.25) is 0 Å². The molecule has 3 heteroatoms. The van der Waals surface area contributed by atoms with E-state index in [2.05, 4.69) is 11.8 Å². The average molecular weight is 207 g/mol. The molecule has 0 N–H and O–H groups in total. The van der Waals surface area contributed by atoms with E-state index in [1.165, 1.54) is 19.3 Å². The molecule has 3 nitrogen and oxygen atoms in total. The van der Waals surface area contributed by atoms with Crippen molar-refractivity contribution in [2.24, 2.45) is 0 Å². The van der Waals surface area contributed by atoms with Gasteiger partial charge in [-0.05, 0) is 45.0 Å². The van der Waals surface area contributed by atoms with Crippen LogP contribution in [-0.2, 0) is 0 Å². The third kappa shape index (κ3) is 2.29. The lowest BCUT2D eigenvalue weighted by Gasteiger charge is -2.31. The molecule has 0 aromatic carbocycles. The zero-order valence-corrected chi connectivity index (χ0v) is 9.11. The van der Waals surface area contributed by atoms with Crippen molar-refractivity contribution in [3.63, 3.8) is 0 Å². The van der Waals surface area contributed by atoms with Gasteiger partial charge in [-0.3, -0.25) is 9.69 Å². The largest absolute Gasteiger partial charge is 0.457 e. The molecule has 0 saturated carbocycles. The number of likely N-dealkylation sites (tertiary alicyclic amines) is 1. The van der Waals surface area contributed by atoms with Crippen LogP contribution in [0.25, 0.3) is 0 Å². The van der Waals surface area contributed by atoms with Crippen molar-refractivity contribution in [3.05, 3.63) is 23.7 Å². The summed E-state index contributed by atoms with van der Waals surface area (Å²) < 4.78 is 5.44. The van der Waals surface area contributed by atoms with E-state index < -0.39 is 0 Å². The second kappa shape index (κ2) is 4.62. The summed E-state index contributed by atoms with van der Waals surface area (Å²) in [7, 11) is 0. The topological polar surface area (TPSA) is 33.5 Å². The molecule has 82 valence electrons. The van der Waals surface area contributed by atoms with E-state index in [1.54, 1.807) is 6.07 Å². The molecule has 15 heavy (non-hydrogen) atoms. The van der Waals surface area contributed by atoms with Crippen molar-refractivity contribution >= 4 is 6.29 Å². The maximum absolute atomic E-state index is 10.5. The lowest BCUT2D eigenvalue weighted by molar-refractivity contribution is 0.109. The fourth-order valence-electron chi connectivity index (χ4n) is 2.14. The van der Waals surface area contributed by atoms with Crippen LogP contribution in [0.15, 0.2) is 16.5 Å². The molecule has 1 atom stereocenters. The third-order valence-electron chi connectivity index (χ3n) is 3.11.